The number of rotatable bonds is 2. The van der Waals surface area contributed by atoms with Crippen LogP contribution < -0.4 is 0 Å². The van der Waals surface area contributed by atoms with Crippen molar-refractivity contribution in [3.63, 3.8) is 0 Å². The van der Waals surface area contributed by atoms with Gasteiger partial charge in [-0.05, 0) is 25.5 Å². The fourth-order valence-corrected chi connectivity index (χ4v) is 2.64. The average molecular weight is 174 g/mol. The molecule has 1 aliphatic rings. The summed E-state index contributed by atoms with van der Waals surface area (Å²) in [7, 11) is 1.68. The minimum absolute atomic E-state index is 0.112. The van der Waals surface area contributed by atoms with E-state index in [4.69, 9.17) is 4.74 Å². The smallest absolute Gasteiger partial charge is 0.136 e. The highest BCUT2D eigenvalue weighted by Gasteiger charge is 2.28. The van der Waals surface area contributed by atoms with E-state index in [0.29, 0.717) is 0 Å². The number of ketones is 1. The Morgan fingerprint density at radius 2 is 2.36 bits per heavy atom. The third-order valence-corrected chi connectivity index (χ3v) is 3.40. The Balaban J connectivity index is 2.51. The second-order valence-corrected chi connectivity index (χ2v) is 4.04. The van der Waals surface area contributed by atoms with Crippen molar-refractivity contribution in [3.8, 4) is 0 Å². The maximum atomic E-state index is 11.1. The molecule has 0 radical (unpaired) electrons. The van der Waals surface area contributed by atoms with Gasteiger partial charge in [-0.1, -0.05) is 0 Å². The molecule has 2 nitrogen and oxygen atoms in total. The van der Waals surface area contributed by atoms with Crippen LogP contribution in [0.2, 0.25) is 0 Å². The number of methoxy groups -OCH3 is 1. The standard InChI is InChI=1S/C8H14O2S/c1-6(9)7-4-3-5-11-8(7)10-2/h7-8H,3-5H2,1-2H3/t7-,8?/m0/s1. The van der Waals surface area contributed by atoms with E-state index in [1.807, 2.05) is 0 Å². The third kappa shape index (κ3) is 2.20. The highest BCUT2D eigenvalue weighted by molar-refractivity contribution is 7.99. The van der Waals surface area contributed by atoms with Crippen molar-refractivity contribution in [1.82, 2.24) is 0 Å². The Morgan fingerprint density at radius 3 is 2.82 bits per heavy atom. The fourth-order valence-electron chi connectivity index (χ4n) is 1.38. The van der Waals surface area contributed by atoms with Crippen molar-refractivity contribution in [3.05, 3.63) is 0 Å². The number of Topliss-reactive ketones (excluding diaryl/α,β-unsaturated/α-hetero) is 1. The quantitative estimate of drug-likeness (QED) is 0.637. The van der Waals surface area contributed by atoms with E-state index in [2.05, 4.69) is 0 Å². The van der Waals surface area contributed by atoms with Gasteiger partial charge in [0, 0.05) is 7.11 Å². The van der Waals surface area contributed by atoms with Gasteiger partial charge < -0.3 is 4.74 Å². The molecule has 0 aromatic carbocycles. The van der Waals surface area contributed by atoms with E-state index in [1.165, 1.54) is 0 Å². The summed E-state index contributed by atoms with van der Waals surface area (Å²) in [4.78, 5) is 11.1. The maximum Gasteiger partial charge on any atom is 0.136 e. The molecular weight excluding hydrogens is 160 g/mol. The summed E-state index contributed by atoms with van der Waals surface area (Å²) in [5, 5.41) is 0. The Hall–Kier alpha value is -0.0200. The zero-order valence-electron chi connectivity index (χ0n) is 7.00. The molecule has 0 spiro atoms. The molecule has 0 saturated carbocycles. The molecule has 11 heavy (non-hydrogen) atoms. The van der Waals surface area contributed by atoms with Crippen LogP contribution in [0.4, 0.5) is 0 Å². The van der Waals surface area contributed by atoms with E-state index in [1.54, 1.807) is 25.8 Å². The second kappa shape index (κ2) is 4.12. The van der Waals surface area contributed by atoms with Gasteiger partial charge in [0.1, 0.15) is 11.2 Å². The van der Waals surface area contributed by atoms with Crippen LogP contribution in [0, 0.1) is 5.92 Å². The van der Waals surface area contributed by atoms with Gasteiger partial charge in [0.25, 0.3) is 0 Å². The van der Waals surface area contributed by atoms with Crippen molar-refractivity contribution in [2.45, 2.75) is 25.2 Å². The number of hydrogen-bond donors (Lipinski definition) is 0. The first-order valence-electron chi connectivity index (χ1n) is 3.90. The van der Waals surface area contributed by atoms with Gasteiger partial charge in [0.2, 0.25) is 0 Å². The summed E-state index contributed by atoms with van der Waals surface area (Å²) in [5.74, 6) is 1.53. The van der Waals surface area contributed by atoms with Crippen LogP contribution >= 0.6 is 11.8 Å². The topological polar surface area (TPSA) is 26.3 Å². The summed E-state index contributed by atoms with van der Waals surface area (Å²) in [6.45, 7) is 1.66. The summed E-state index contributed by atoms with van der Waals surface area (Å²) >= 11 is 1.76. The summed E-state index contributed by atoms with van der Waals surface area (Å²) in [6.07, 6.45) is 2.15. The molecular formula is C8H14O2S. The molecule has 1 rings (SSSR count). The lowest BCUT2D eigenvalue weighted by atomic mass is 10.00. The first kappa shape index (κ1) is 9.07. The molecule has 0 aliphatic carbocycles. The molecule has 1 saturated heterocycles. The van der Waals surface area contributed by atoms with Crippen molar-refractivity contribution in [2.75, 3.05) is 12.9 Å². The molecule has 64 valence electrons. The number of carbonyl (C=O) groups is 1. The number of thioether (sulfide) groups is 1. The Kier molecular flexibility index (Phi) is 3.40. The van der Waals surface area contributed by atoms with Crippen LogP contribution in [0.3, 0.4) is 0 Å². The lowest BCUT2D eigenvalue weighted by molar-refractivity contribution is -0.123. The van der Waals surface area contributed by atoms with Crippen molar-refractivity contribution >= 4 is 17.5 Å². The minimum atomic E-state index is 0.112. The van der Waals surface area contributed by atoms with E-state index < -0.39 is 0 Å². The summed E-state index contributed by atoms with van der Waals surface area (Å²) in [6, 6.07) is 0. The molecule has 1 unspecified atom stereocenters. The van der Waals surface area contributed by atoms with E-state index in [-0.39, 0.29) is 17.1 Å². The Labute approximate surface area is 71.7 Å². The monoisotopic (exact) mass is 174 g/mol. The van der Waals surface area contributed by atoms with Crippen molar-refractivity contribution < 1.29 is 9.53 Å². The molecule has 0 N–H and O–H groups in total. The normalized spacial score (nSPS) is 31.8. The lowest BCUT2D eigenvalue weighted by Gasteiger charge is -2.27. The predicted octanol–water partition coefficient (Wildman–Crippen LogP) is 1.69. The number of hydrogen-bond acceptors (Lipinski definition) is 3. The van der Waals surface area contributed by atoms with Crippen LogP contribution in [0.15, 0.2) is 0 Å². The Morgan fingerprint density at radius 1 is 1.64 bits per heavy atom. The molecule has 0 amide bonds. The van der Waals surface area contributed by atoms with E-state index in [0.717, 1.165) is 18.6 Å². The summed E-state index contributed by atoms with van der Waals surface area (Å²) < 4.78 is 5.21. The lowest BCUT2D eigenvalue weighted by Crippen LogP contribution is -2.29. The first-order valence-corrected chi connectivity index (χ1v) is 4.95. The van der Waals surface area contributed by atoms with Gasteiger partial charge in [-0.3, -0.25) is 4.79 Å². The highest BCUT2D eigenvalue weighted by atomic mass is 32.2. The van der Waals surface area contributed by atoms with Gasteiger partial charge in [0.15, 0.2) is 0 Å². The van der Waals surface area contributed by atoms with Gasteiger partial charge in [0.05, 0.1) is 5.92 Å². The molecule has 0 bridgehead atoms. The predicted molar refractivity (Wildman–Crippen MR) is 46.7 cm³/mol. The molecule has 1 heterocycles. The van der Waals surface area contributed by atoms with Gasteiger partial charge >= 0.3 is 0 Å². The van der Waals surface area contributed by atoms with Crippen LogP contribution in [0.1, 0.15) is 19.8 Å². The van der Waals surface area contributed by atoms with Gasteiger partial charge in [-0.15, -0.1) is 11.8 Å². The molecule has 0 aromatic rings. The SMILES string of the molecule is COC1SCCC[C@H]1C(C)=O. The molecule has 1 aliphatic heterocycles. The van der Waals surface area contributed by atoms with E-state index >= 15 is 0 Å². The Bertz CT molecular complexity index is 147. The van der Waals surface area contributed by atoms with Crippen molar-refractivity contribution in [2.24, 2.45) is 5.92 Å². The largest absolute Gasteiger partial charge is 0.370 e. The first-order chi connectivity index (χ1) is 5.25. The van der Waals surface area contributed by atoms with Gasteiger partial charge in [-0.25, -0.2) is 0 Å². The maximum absolute atomic E-state index is 11.1. The third-order valence-electron chi connectivity index (χ3n) is 2.02. The van der Waals surface area contributed by atoms with E-state index in [9.17, 15) is 4.79 Å². The number of carbonyl (C=O) groups excluding carboxylic acids is 1. The number of ether oxygens (including phenoxy) is 1. The molecule has 1 fully saturated rings. The summed E-state index contributed by atoms with van der Waals surface area (Å²) in [5.41, 5.74) is 0.112. The van der Waals surface area contributed by atoms with Gasteiger partial charge in [-0.2, -0.15) is 0 Å². The van der Waals surface area contributed by atoms with Crippen molar-refractivity contribution in [1.29, 1.82) is 0 Å². The van der Waals surface area contributed by atoms with Crippen LogP contribution in [0.25, 0.3) is 0 Å². The molecule has 0 aromatic heterocycles. The molecule has 2 atom stereocenters. The van der Waals surface area contributed by atoms with Crippen LogP contribution in [0.5, 0.6) is 0 Å². The highest BCUT2D eigenvalue weighted by Crippen LogP contribution is 2.31. The zero-order valence-corrected chi connectivity index (χ0v) is 7.82. The minimum Gasteiger partial charge on any atom is -0.370 e. The second-order valence-electron chi connectivity index (χ2n) is 2.83. The fraction of sp³-hybridized carbons (Fsp3) is 0.875. The van der Waals surface area contributed by atoms with Crippen LogP contribution in [-0.2, 0) is 9.53 Å². The average Bonchev–Trinajstić information content (AvgIpc) is 2.04. The van der Waals surface area contributed by atoms with Crippen LogP contribution in [-0.4, -0.2) is 24.1 Å². The molecule has 3 heteroatoms. The zero-order chi connectivity index (χ0) is 8.27.